The molecule has 2 aromatic rings. The Morgan fingerprint density at radius 3 is 2.94 bits per heavy atom. The normalized spacial score (nSPS) is 12.1. The molecule has 7 nitrogen and oxygen atoms in total. The summed E-state index contributed by atoms with van der Waals surface area (Å²) in [5.74, 6) is 0.183. The van der Waals surface area contributed by atoms with Crippen molar-refractivity contribution in [3.05, 3.63) is 46.4 Å². The summed E-state index contributed by atoms with van der Waals surface area (Å²) in [5.41, 5.74) is -0.247. The second-order valence-electron chi connectivity index (χ2n) is 3.92. The minimum atomic E-state index is -0.438. The topological polar surface area (TPSA) is 92.7 Å². The highest BCUT2D eigenvalue weighted by atomic mass is 16.2. The molecule has 7 heteroatoms. The fraction of sp³-hybridized carbons (Fsp3) is 0.273. The van der Waals surface area contributed by atoms with E-state index >= 15 is 0 Å². The summed E-state index contributed by atoms with van der Waals surface area (Å²) in [6, 6.07) is 0.978. The van der Waals surface area contributed by atoms with Crippen molar-refractivity contribution < 1.29 is 4.79 Å². The van der Waals surface area contributed by atoms with Gasteiger partial charge in [0, 0.05) is 25.5 Å². The number of rotatable bonds is 3. The number of aryl methyl sites for hydroxylation is 1. The monoisotopic (exact) mass is 247 g/mol. The third kappa shape index (κ3) is 2.29. The van der Waals surface area contributed by atoms with Gasteiger partial charge in [0.15, 0.2) is 11.3 Å². The average Bonchev–Trinajstić information content (AvgIpc) is 2.76. The number of carbonyl (C=O) groups is 1. The molecule has 1 atom stereocenters. The number of aromatic amines is 1. The van der Waals surface area contributed by atoms with E-state index in [9.17, 15) is 9.59 Å². The number of hydrogen-bond acceptors (Lipinski definition) is 4. The van der Waals surface area contributed by atoms with E-state index in [1.165, 1.54) is 18.5 Å². The predicted octanol–water partition coefficient (Wildman–Crippen LogP) is -0.00560. The smallest absolute Gasteiger partial charge is 0.257 e. The average molecular weight is 247 g/mol. The Morgan fingerprint density at radius 1 is 1.56 bits per heavy atom. The van der Waals surface area contributed by atoms with E-state index in [0.717, 1.165) is 0 Å². The zero-order valence-corrected chi connectivity index (χ0v) is 10.0. The Balaban J connectivity index is 2.16. The summed E-state index contributed by atoms with van der Waals surface area (Å²) in [7, 11) is 1.79. The maximum atomic E-state index is 11.9. The van der Waals surface area contributed by atoms with Crippen LogP contribution in [0.3, 0.4) is 0 Å². The number of H-pyrrole nitrogens is 1. The molecule has 2 rings (SSSR count). The fourth-order valence-corrected chi connectivity index (χ4v) is 1.62. The molecule has 2 aromatic heterocycles. The molecule has 1 amide bonds. The molecule has 0 spiro atoms. The van der Waals surface area contributed by atoms with Gasteiger partial charge in [0.25, 0.3) is 5.91 Å². The van der Waals surface area contributed by atoms with E-state index in [4.69, 9.17) is 0 Å². The molecule has 94 valence electrons. The van der Waals surface area contributed by atoms with E-state index in [1.807, 2.05) is 0 Å². The molecule has 1 unspecified atom stereocenters. The summed E-state index contributed by atoms with van der Waals surface area (Å²) < 4.78 is 1.71. The van der Waals surface area contributed by atoms with Gasteiger partial charge < -0.3 is 14.9 Å². The first-order chi connectivity index (χ1) is 8.59. The zero-order chi connectivity index (χ0) is 13.1. The molecule has 0 saturated heterocycles. The van der Waals surface area contributed by atoms with Crippen LogP contribution in [0, 0.1) is 0 Å². The molecular weight excluding hydrogens is 234 g/mol. The highest BCUT2D eigenvalue weighted by Gasteiger charge is 2.16. The Hall–Kier alpha value is -2.44. The quantitative estimate of drug-likeness (QED) is 0.798. The maximum Gasteiger partial charge on any atom is 0.257 e. The first-order valence-electron chi connectivity index (χ1n) is 5.41. The lowest BCUT2D eigenvalue weighted by atomic mass is 10.2. The van der Waals surface area contributed by atoms with Crippen molar-refractivity contribution in [1.82, 2.24) is 25.1 Å². The van der Waals surface area contributed by atoms with Gasteiger partial charge in [-0.1, -0.05) is 0 Å². The van der Waals surface area contributed by atoms with Crippen LogP contribution in [0.15, 0.2) is 29.6 Å². The molecule has 0 fully saturated rings. The Bertz CT molecular complexity index is 616. The van der Waals surface area contributed by atoms with Gasteiger partial charge in [-0.3, -0.25) is 9.59 Å². The van der Waals surface area contributed by atoms with Crippen LogP contribution in [-0.4, -0.2) is 25.7 Å². The minimum Gasteiger partial charge on any atom is -0.367 e. The van der Waals surface area contributed by atoms with E-state index in [1.54, 1.807) is 24.9 Å². The molecule has 18 heavy (non-hydrogen) atoms. The molecule has 2 heterocycles. The van der Waals surface area contributed by atoms with Crippen LogP contribution in [0.2, 0.25) is 0 Å². The van der Waals surface area contributed by atoms with Gasteiger partial charge >= 0.3 is 0 Å². The Kier molecular flexibility index (Phi) is 3.22. The number of carbonyl (C=O) groups excluding carboxylic acids is 1. The lowest BCUT2D eigenvalue weighted by Crippen LogP contribution is -2.31. The van der Waals surface area contributed by atoms with Crippen molar-refractivity contribution in [2.45, 2.75) is 13.0 Å². The van der Waals surface area contributed by atoms with Gasteiger partial charge in [0.2, 0.25) is 0 Å². The number of pyridine rings is 1. The van der Waals surface area contributed by atoms with Crippen molar-refractivity contribution in [1.29, 1.82) is 0 Å². The van der Waals surface area contributed by atoms with Crippen molar-refractivity contribution in [2.24, 2.45) is 7.05 Å². The second-order valence-corrected chi connectivity index (χ2v) is 3.92. The van der Waals surface area contributed by atoms with Gasteiger partial charge in [-0.2, -0.15) is 0 Å². The van der Waals surface area contributed by atoms with Crippen LogP contribution >= 0.6 is 0 Å². The zero-order valence-electron chi connectivity index (χ0n) is 10.0. The van der Waals surface area contributed by atoms with Crippen molar-refractivity contribution >= 4 is 5.91 Å². The molecule has 0 bridgehead atoms. The van der Waals surface area contributed by atoms with Crippen molar-refractivity contribution in [3.63, 3.8) is 0 Å². The van der Waals surface area contributed by atoms with Crippen molar-refractivity contribution in [3.8, 4) is 0 Å². The van der Waals surface area contributed by atoms with Crippen LogP contribution in [0.4, 0.5) is 0 Å². The van der Waals surface area contributed by atoms with E-state index in [0.29, 0.717) is 5.82 Å². The Labute approximate surface area is 103 Å². The molecular formula is C11H13N5O2. The highest BCUT2D eigenvalue weighted by molar-refractivity contribution is 5.93. The van der Waals surface area contributed by atoms with E-state index in [-0.39, 0.29) is 17.0 Å². The molecule has 0 aliphatic rings. The summed E-state index contributed by atoms with van der Waals surface area (Å²) in [6.07, 6.45) is 4.40. The molecule has 2 N–H and O–H groups in total. The third-order valence-electron chi connectivity index (χ3n) is 2.55. The number of nitrogens with zero attached hydrogens (tertiary/aromatic N) is 3. The van der Waals surface area contributed by atoms with Gasteiger partial charge in [0.05, 0.1) is 6.04 Å². The SMILES string of the molecule is CC(NC(=O)c1c[nH]ccc1=O)c1nncn1C. The first-order valence-corrected chi connectivity index (χ1v) is 5.41. The molecule has 0 radical (unpaired) electrons. The van der Waals surface area contributed by atoms with Gasteiger partial charge in [-0.05, 0) is 6.92 Å². The number of aromatic nitrogens is 4. The number of hydrogen-bond donors (Lipinski definition) is 2. The summed E-state index contributed by atoms with van der Waals surface area (Å²) in [5, 5.41) is 10.3. The largest absolute Gasteiger partial charge is 0.367 e. The molecule has 0 aromatic carbocycles. The summed E-state index contributed by atoms with van der Waals surface area (Å²) in [4.78, 5) is 26.1. The van der Waals surface area contributed by atoms with Gasteiger partial charge in [0.1, 0.15) is 11.9 Å². The van der Waals surface area contributed by atoms with Crippen LogP contribution in [0.5, 0.6) is 0 Å². The van der Waals surface area contributed by atoms with Crippen LogP contribution in [-0.2, 0) is 7.05 Å². The van der Waals surface area contributed by atoms with Gasteiger partial charge in [-0.25, -0.2) is 0 Å². The van der Waals surface area contributed by atoms with Crippen molar-refractivity contribution in [2.75, 3.05) is 0 Å². The van der Waals surface area contributed by atoms with Crippen LogP contribution in [0.1, 0.15) is 29.1 Å². The van der Waals surface area contributed by atoms with Gasteiger partial charge in [-0.15, -0.1) is 10.2 Å². The Morgan fingerprint density at radius 2 is 2.33 bits per heavy atom. The lowest BCUT2D eigenvalue weighted by Gasteiger charge is -2.12. The minimum absolute atomic E-state index is 0.0755. The number of nitrogens with one attached hydrogen (secondary N) is 2. The highest BCUT2D eigenvalue weighted by Crippen LogP contribution is 2.07. The molecule has 0 aliphatic heterocycles. The lowest BCUT2D eigenvalue weighted by molar-refractivity contribution is 0.0936. The fourth-order valence-electron chi connectivity index (χ4n) is 1.62. The van der Waals surface area contributed by atoms with Crippen LogP contribution in [0.25, 0.3) is 0 Å². The molecule has 0 aliphatic carbocycles. The van der Waals surface area contributed by atoms with Crippen LogP contribution < -0.4 is 10.7 Å². The summed E-state index contributed by atoms with van der Waals surface area (Å²) in [6.45, 7) is 1.78. The third-order valence-corrected chi connectivity index (χ3v) is 2.55. The van der Waals surface area contributed by atoms with E-state index < -0.39 is 5.91 Å². The predicted molar refractivity (Wildman–Crippen MR) is 63.9 cm³/mol. The standard InChI is InChI=1S/C11H13N5O2/c1-7(10-15-13-6-16(10)2)14-11(18)8-5-12-4-3-9(8)17/h3-7H,1-2H3,(H,12,17)(H,14,18). The van der Waals surface area contributed by atoms with E-state index in [2.05, 4.69) is 20.5 Å². The summed E-state index contributed by atoms with van der Waals surface area (Å²) >= 11 is 0. The number of amides is 1. The maximum absolute atomic E-state index is 11.9. The first kappa shape index (κ1) is 12.0. The molecule has 0 saturated carbocycles. The second kappa shape index (κ2) is 4.82.